The minimum absolute atomic E-state index is 0.0550. The summed E-state index contributed by atoms with van der Waals surface area (Å²) in [5.74, 6) is -1.73. The topological polar surface area (TPSA) is 89.7 Å². The molecule has 0 fully saturated rings. The SMILES string of the molecule is CO.COC(=O)c1ccc(F)c([N+](=O)[O-])c1.[2H][I-]C. The Morgan fingerprint density at radius 1 is 1.61 bits per heavy atom. The third-order valence-electron chi connectivity index (χ3n) is 1.56. The number of ether oxygens (including phenoxy) is 1. The molecule has 8 heteroatoms. The van der Waals surface area contributed by atoms with Crippen LogP contribution in [0.4, 0.5) is 10.1 Å². The van der Waals surface area contributed by atoms with E-state index in [1.807, 2.05) is 4.93 Å². The fourth-order valence-corrected chi connectivity index (χ4v) is 0.897. The van der Waals surface area contributed by atoms with Gasteiger partial charge in [-0.3, -0.25) is 10.1 Å². The maximum absolute atomic E-state index is 12.8. The number of aliphatic hydroxyl groups excluding tert-OH is 1. The number of hydrogen-bond donors (Lipinski definition) is 1. The molecule has 18 heavy (non-hydrogen) atoms. The van der Waals surface area contributed by atoms with Crippen molar-refractivity contribution < 1.29 is 46.3 Å². The monoisotopic (exact) mass is 375 g/mol. The van der Waals surface area contributed by atoms with Gasteiger partial charge in [0.25, 0.3) is 0 Å². The second kappa shape index (κ2) is 10.8. The molecular weight excluding hydrogens is 360 g/mol. The van der Waals surface area contributed by atoms with E-state index in [4.69, 9.17) is 5.70 Å². The van der Waals surface area contributed by atoms with Crippen LogP contribution in [-0.2, 0) is 4.74 Å². The van der Waals surface area contributed by atoms with Crippen molar-refractivity contribution in [1.82, 2.24) is 0 Å². The Morgan fingerprint density at radius 2 is 2.11 bits per heavy atom. The summed E-state index contributed by atoms with van der Waals surface area (Å²) in [5.41, 5.74) is -0.798. The molecule has 0 aromatic heterocycles. The molecule has 0 aliphatic carbocycles. The van der Waals surface area contributed by atoms with Gasteiger partial charge in [0.2, 0.25) is 5.82 Å². The molecule has 0 radical (unpaired) electrons. The van der Waals surface area contributed by atoms with Gasteiger partial charge < -0.3 is 9.84 Å². The summed E-state index contributed by atoms with van der Waals surface area (Å²) in [7, 11) is 2.14. The van der Waals surface area contributed by atoms with Gasteiger partial charge in [-0.1, -0.05) is 0 Å². The van der Waals surface area contributed by atoms with Gasteiger partial charge in [-0.25, -0.2) is 4.79 Å². The molecule has 0 amide bonds. The first kappa shape index (κ1) is 16.7. The number of nitro benzene ring substituents is 1. The van der Waals surface area contributed by atoms with Crippen molar-refractivity contribution in [2.45, 2.75) is 0 Å². The quantitative estimate of drug-likeness (QED) is 0.213. The Balaban J connectivity index is 0. The molecule has 1 aromatic rings. The van der Waals surface area contributed by atoms with Gasteiger partial charge in [0.05, 0.1) is 17.6 Å². The Kier molecular flexibility index (Phi) is 10.1. The predicted octanol–water partition coefficient (Wildman–Crippen LogP) is -1.97. The Hall–Kier alpha value is -1.29. The molecule has 0 aliphatic heterocycles. The summed E-state index contributed by atoms with van der Waals surface area (Å²) in [6.45, 7) is 0. The molecule has 0 unspecified atom stereocenters. The van der Waals surface area contributed by atoms with E-state index in [0.29, 0.717) is 0 Å². The van der Waals surface area contributed by atoms with Crippen LogP contribution in [0.25, 0.3) is 0 Å². The summed E-state index contributed by atoms with van der Waals surface area (Å²) < 4.78 is 23.4. The van der Waals surface area contributed by atoms with E-state index in [1.54, 1.807) is 0 Å². The molecule has 0 saturated carbocycles. The number of rotatable bonds is 2. The first-order chi connectivity index (χ1) is 8.97. The molecule has 0 bridgehead atoms. The number of nitrogens with zero attached hydrogens (tertiary/aromatic N) is 1. The molecule has 0 spiro atoms. The molecule has 1 aromatic carbocycles. The molecule has 0 aliphatic rings. The average Bonchev–Trinajstić information content (AvgIpc) is 2.41. The van der Waals surface area contributed by atoms with E-state index in [9.17, 15) is 19.3 Å². The van der Waals surface area contributed by atoms with Crippen molar-refractivity contribution >= 4 is 11.7 Å². The van der Waals surface area contributed by atoms with Gasteiger partial charge in [-0.15, -0.1) is 0 Å². The van der Waals surface area contributed by atoms with Crippen molar-refractivity contribution in [2.75, 3.05) is 19.2 Å². The summed E-state index contributed by atoms with van der Waals surface area (Å²) >= 11 is -0.160. The van der Waals surface area contributed by atoms with Gasteiger partial charge in [0.1, 0.15) is 0 Å². The molecule has 0 heterocycles. The van der Waals surface area contributed by atoms with Crippen LogP contribution in [0.5, 0.6) is 0 Å². The fourth-order valence-electron chi connectivity index (χ4n) is 0.897. The second-order valence-corrected chi connectivity index (χ2v) is 2.41. The number of carbonyl (C=O) groups is 1. The van der Waals surface area contributed by atoms with Crippen LogP contribution in [0.3, 0.4) is 0 Å². The van der Waals surface area contributed by atoms with Crippen LogP contribution >= 0.6 is 0 Å². The normalized spacial score (nSPS) is 9.06. The van der Waals surface area contributed by atoms with E-state index in [2.05, 4.69) is 4.74 Å². The van der Waals surface area contributed by atoms with Crippen LogP contribution in [-0.4, -0.2) is 35.7 Å². The van der Waals surface area contributed by atoms with Gasteiger partial charge in [-0.2, -0.15) is 4.39 Å². The number of aliphatic hydroxyl groups is 1. The van der Waals surface area contributed by atoms with Crippen LogP contribution in [0.2, 0.25) is 0 Å². The first-order valence-corrected chi connectivity index (χ1v) is 6.56. The van der Waals surface area contributed by atoms with E-state index in [1.165, 1.54) is 0 Å². The Bertz CT molecular complexity index is 419. The zero-order valence-corrected chi connectivity index (χ0v) is 12.2. The van der Waals surface area contributed by atoms with Gasteiger partial charge in [0, 0.05) is 13.2 Å². The first-order valence-electron chi connectivity index (χ1n) is 4.79. The number of halogens is 2. The molecule has 0 atom stereocenters. The van der Waals surface area contributed by atoms with Crippen molar-refractivity contribution in [3.8, 4) is 0 Å². The van der Waals surface area contributed by atoms with E-state index < -0.39 is 22.4 Å². The second-order valence-electron chi connectivity index (χ2n) is 2.41. The van der Waals surface area contributed by atoms with Crippen molar-refractivity contribution in [2.24, 2.45) is 0 Å². The molecule has 104 valence electrons. The number of carbonyl (C=O) groups excluding carboxylic acids is 1. The summed E-state index contributed by atoms with van der Waals surface area (Å²) in [6, 6.07) is 2.81. The molecular formula is C10H14FINO5-. The number of benzene rings is 1. The summed E-state index contributed by atoms with van der Waals surface area (Å²) in [6.07, 6.45) is 0. The van der Waals surface area contributed by atoms with E-state index in [0.717, 1.165) is 32.4 Å². The number of methoxy groups -OCH3 is 1. The van der Waals surface area contributed by atoms with E-state index in [-0.39, 0.29) is 28.0 Å². The van der Waals surface area contributed by atoms with Crippen LogP contribution in [0.15, 0.2) is 18.2 Å². The molecule has 0 saturated heterocycles. The molecule has 1 N–H and O–H groups in total. The summed E-state index contributed by atoms with van der Waals surface area (Å²) in [4.78, 5) is 22.2. The Labute approximate surface area is 118 Å². The van der Waals surface area contributed by atoms with Crippen LogP contribution < -0.4 is 22.4 Å². The minimum atomic E-state index is -0.984. The third kappa shape index (κ3) is 5.87. The summed E-state index contributed by atoms with van der Waals surface area (Å²) in [5, 5.41) is 17.3. The number of alkyl halides is 1. The van der Waals surface area contributed by atoms with E-state index >= 15 is 0 Å². The zero-order valence-electron chi connectivity index (χ0n) is 11.0. The van der Waals surface area contributed by atoms with Crippen molar-refractivity contribution in [1.29, 1.82) is 0.594 Å². The van der Waals surface area contributed by atoms with Gasteiger partial charge >= 0.3 is 39.6 Å². The predicted molar refractivity (Wildman–Crippen MR) is 59.9 cm³/mol. The standard InChI is InChI=1S/C8H6FNO4.CH4I.CH4O/c1-14-8(11)5-2-3-6(9)7(4-5)10(12)13;2*1-2/h2-4H,1H3;2*2H,1H3/q;-1;/i;2D;. The number of nitro groups is 1. The van der Waals surface area contributed by atoms with Gasteiger partial charge in [-0.05, 0) is 12.1 Å². The molecule has 1 rings (SSSR count). The van der Waals surface area contributed by atoms with Crippen molar-refractivity contribution in [3.05, 3.63) is 39.7 Å². The Morgan fingerprint density at radius 3 is 2.50 bits per heavy atom. The average molecular weight is 375 g/mol. The van der Waals surface area contributed by atoms with Crippen LogP contribution in [0.1, 0.15) is 10.4 Å². The zero-order chi connectivity index (χ0) is 15.4. The third-order valence-corrected chi connectivity index (χ3v) is 1.56. The number of hydrogen-bond acceptors (Lipinski definition) is 5. The fraction of sp³-hybridized carbons (Fsp3) is 0.300. The van der Waals surface area contributed by atoms with Gasteiger partial charge in [0.15, 0.2) is 0 Å². The van der Waals surface area contributed by atoms with Crippen molar-refractivity contribution in [3.63, 3.8) is 0 Å². The van der Waals surface area contributed by atoms with Crippen LogP contribution in [0, 0.1) is 15.9 Å². The molecule has 6 nitrogen and oxygen atoms in total. The number of esters is 1. The maximum atomic E-state index is 12.8.